The van der Waals surface area contributed by atoms with Crippen LogP contribution in [-0.4, -0.2) is 46.5 Å². The molecule has 0 aliphatic carbocycles. The first-order valence-electron chi connectivity index (χ1n) is 6.00. The number of nitrogens with one attached hydrogen (secondary N) is 1. The lowest BCUT2D eigenvalue weighted by atomic mass is 10.2. The third-order valence-corrected chi connectivity index (χ3v) is 2.75. The van der Waals surface area contributed by atoms with Gasteiger partial charge in [-0.1, -0.05) is 12.1 Å². The molecule has 0 fully saturated rings. The highest BCUT2D eigenvalue weighted by atomic mass is 16.3. The molecule has 2 aromatic rings. The summed E-state index contributed by atoms with van der Waals surface area (Å²) in [5, 5.41) is 19.1. The number of anilines is 2. The SMILES string of the molecule is NNc1nc(N(CCO)CCO)c2ccccc2n1. The van der Waals surface area contributed by atoms with Crippen molar-refractivity contribution in [3.8, 4) is 0 Å². The van der Waals surface area contributed by atoms with E-state index >= 15 is 0 Å². The van der Waals surface area contributed by atoms with Gasteiger partial charge in [0, 0.05) is 18.5 Å². The fourth-order valence-electron chi connectivity index (χ4n) is 1.93. The number of aliphatic hydroxyl groups excluding tert-OH is 2. The molecule has 0 radical (unpaired) electrons. The van der Waals surface area contributed by atoms with Gasteiger partial charge >= 0.3 is 0 Å². The standard InChI is InChI=1S/C12H17N5O2/c13-16-12-14-10-4-2-1-3-9(10)11(15-12)17(5-7-18)6-8-19/h1-4,18-19H,5-8,13H2,(H,14,15,16). The van der Waals surface area contributed by atoms with E-state index in [2.05, 4.69) is 15.4 Å². The molecule has 0 aliphatic rings. The van der Waals surface area contributed by atoms with Crippen LogP contribution in [0.2, 0.25) is 0 Å². The second kappa shape index (κ2) is 6.28. The maximum Gasteiger partial charge on any atom is 0.239 e. The summed E-state index contributed by atoms with van der Waals surface area (Å²) in [6.45, 7) is 0.713. The van der Waals surface area contributed by atoms with Crippen LogP contribution < -0.4 is 16.2 Å². The van der Waals surface area contributed by atoms with Crippen LogP contribution in [0.4, 0.5) is 11.8 Å². The topological polar surface area (TPSA) is 108 Å². The number of hydrogen-bond donors (Lipinski definition) is 4. The number of rotatable bonds is 6. The minimum Gasteiger partial charge on any atom is -0.395 e. The molecule has 0 atom stereocenters. The van der Waals surface area contributed by atoms with Crippen molar-refractivity contribution in [3.05, 3.63) is 24.3 Å². The molecule has 7 nitrogen and oxygen atoms in total. The second-order valence-corrected chi connectivity index (χ2v) is 3.97. The van der Waals surface area contributed by atoms with Gasteiger partial charge in [-0.05, 0) is 12.1 Å². The largest absolute Gasteiger partial charge is 0.395 e. The van der Waals surface area contributed by atoms with Gasteiger partial charge in [-0.15, -0.1) is 0 Å². The van der Waals surface area contributed by atoms with E-state index in [0.29, 0.717) is 24.9 Å². The Hall–Kier alpha value is -1.96. The average molecular weight is 263 g/mol. The highest BCUT2D eigenvalue weighted by molar-refractivity contribution is 5.90. The van der Waals surface area contributed by atoms with Crippen molar-refractivity contribution in [2.24, 2.45) is 5.84 Å². The lowest BCUT2D eigenvalue weighted by Gasteiger charge is -2.23. The number of hydrogen-bond acceptors (Lipinski definition) is 7. The van der Waals surface area contributed by atoms with Crippen LogP contribution in [0.5, 0.6) is 0 Å². The van der Waals surface area contributed by atoms with Crippen LogP contribution in [0, 0.1) is 0 Å². The summed E-state index contributed by atoms with van der Waals surface area (Å²) < 4.78 is 0. The predicted octanol–water partition coefficient (Wildman–Crippen LogP) is -0.294. The van der Waals surface area contributed by atoms with Crippen molar-refractivity contribution in [1.29, 1.82) is 0 Å². The number of nitrogen functional groups attached to an aromatic ring is 1. The van der Waals surface area contributed by atoms with Gasteiger partial charge in [0.2, 0.25) is 5.95 Å². The predicted molar refractivity (Wildman–Crippen MR) is 73.7 cm³/mol. The third kappa shape index (κ3) is 2.90. The molecule has 0 saturated heterocycles. The van der Waals surface area contributed by atoms with E-state index < -0.39 is 0 Å². The molecular weight excluding hydrogens is 246 g/mol. The van der Waals surface area contributed by atoms with Crippen LogP contribution in [-0.2, 0) is 0 Å². The Morgan fingerprint density at radius 3 is 2.42 bits per heavy atom. The van der Waals surface area contributed by atoms with Gasteiger partial charge in [-0.3, -0.25) is 5.43 Å². The molecule has 19 heavy (non-hydrogen) atoms. The quantitative estimate of drug-likeness (QED) is 0.419. The fourth-order valence-corrected chi connectivity index (χ4v) is 1.93. The fraction of sp³-hybridized carbons (Fsp3) is 0.333. The van der Waals surface area contributed by atoms with E-state index in [4.69, 9.17) is 16.1 Å². The van der Waals surface area contributed by atoms with Gasteiger partial charge in [0.1, 0.15) is 5.82 Å². The van der Waals surface area contributed by atoms with Gasteiger partial charge < -0.3 is 15.1 Å². The van der Waals surface area contributed by atoms with Gasteiger partial charge in [-0.25, -0.2) is 10.8 Å². The summed E-state index contributed by atoms with van der Waals surface area (Å²) in [7, 11) is 0. The molecule has 2 rings (SSSR count). The zero-order chi connectivity index (χ0) is 13.7. The Morgan fingerprint density at radius 2 is 1.79 bits per heavy atom. The smallest absolute Gasteiger partial charge is 0.239 e. The van der Waals surface area contributed by atoms with Crippen molar-refractivity contribution in [1.82, 2.24) is 9.97 Å². The van der Waals surface area contributed by atoms with Crippen LogP contribution in [0.25, 0.3) is 10.9 Å². The van der Waals surface area contributed by atoms with Gasteiger partial charge in [-0.2, -0.15) is 4.98 Å². The van der Waals surface area contributed by atoms with Crippen LogP contribution in [0.15, 0.2) is 24.3 Å². The highest BCUT2D eigenvalue weighted by Gasteiger charge is 2.13. The Morgan fingerprint density at radius 1 is 1.11 bits per heavy atom. The third-order valence-electron chi connectivity index (χ3n) is 2.75. The zero-order valence-electron chi connectivity index (χ0n) is 10.5. The molecule has 1 heterocycles. The van der Waals surface area contributed by atoms with E-state index in [0.717, 1.165) is 10.9 Å². The molecular formula is C12H17N5O2. The number of para-hydroxylation sites is 1. The Bertz CT molecular complexity index is 543. The first-order valence-corrected chi connectivity index (χ1v) is 6.00. The van der Waals surface area contributed by atoms with Crippen LogP contribution in [0.3, 0.4) is 0 Å². The van der Waals surface area contributed by atoms with Crippen LogP contribution >= 0.6 is 0 Å². The first-order chi connectivity index (χ1) is 9.30. The maximum absolute atomic E-state index is 9.12. The minimum atomic E-state index is -0.0241. The van der Waals surface area contributed by atoms with E-state index in [9.17, 15) is 0 Å². The average Bonchev–Trinajstić information content (AvgIpc) is 2.46. The highest BCUT2D eigenvalue weighted by Crippen LogP contribution is 2.24. The summed E-state index contributed by atoms with van der Waals surface area (Å²) in [5.41, 5.74) is 3.18. The van der Waals surface area contributed by atoms with Crippen molar-refractivity contribution < 1.29 is 10.2 Å². The summed E-state index contributed by atoms with van der Waals surface area (Å²) in [6.07, 6.45) is 0. The molecule has 102 valence electrons. The van der Waals surface area contributed by atoms with Crippen molar-refractivity contribution >= 4 is 22.7 Å². The summed E-state index contributed by atoms with van der Waals surface area (Å²) in [6, 6.07) is 7.52. The molecule has 0 amide bonds. The molecule has 7 heteroatoms. The summed E-state index contributed by atoms with van der Waals surface area (Å²) in [5.74, 6) is 6.31. The number of nitrogens with two attached hydrogens (primary N) is 1. The Kier molecular flexibility index (Phi) is 4.45. The molecule has 5 N–H and O–H groups in total. The summed E-state index contributed by atoms with van der Waals surface area (Å²) in [4.78, 5) is 10.4. The normalized spacial score (nSPS) is 10.7. The van der Waals surface area contributed by atoms with Gasteiger partial charge in [0.15, 0.2) is 0 Å². The molecule has 1 aromatic carbocycles. The van der Waals surface area contributed by atoms with Gasteiger partial charge in [0.05, 0.1) is 18.7 Å². The van der Waals surface area contributed by atoms with E-state index in [1.165, 1.54) is 0 Å². The van der Waals surface area contributed by atoms with E-state index in [1.807, 2.05) is 24.3 Å². The van der Waals surface area contributed by atoms with Crippen molar-refractivity contribution in [3.63, 3.8) is 0 Å². The van der Waals surface area contributed by atoms with Crippen molar-refractivity contribution in [2.75, 3.05) is 36.6 Å². The lowest BCUT2D eigenvalue weighted by molar-refractivity contribution is 0.281. The molecule has 0 unspecified atom stereocenters. The summed E-state index contributed by atoms with van der Waals surface area (Å²) >= 11 is 0. The van der Waals surface area contributed by atoms with Crippen LogP contribution in [0.1, 0.15) is 0 Å². The maximum atomic E-state index is 9.12. The number of benzene rings is 1. The number of fused-ring (bicyclic) bond motifs is 1. The molecule has 1 aromatic heterocycles. The molecule has 0 saturated carbocycles. The van der Waals surface area contributed by atoms with E-state index in [-0.39, 0.29) is 13.2 Å². The second-order valence-electron chi connectivity index (χ2n) is 3.97. The number of hydrazine groups is 1. The zero-order valence-corrected chi connectivity index (χ0v) is 10.5. The van der Waals surface area contributed by atoms with E-state index in [1.54, 1.807) is 4.90 Å². The monoisotopic (exact) mass is 263 g/mol. The molecule has 0 aliphatic heterocycles. The van der Waals surface area contributed by atoms with Crippen molar-refractivity contribution in [2.45, 2.75) is 0 Å². The van der Waals surface area contributed by atoms with Gasteiger partial charge in [0.25, 0.3) is 0 Å². The number of aromatic nitrogens is 2. The lowest BCUT2D eigenvalue weighted by Crippen LogP contribution is -2.31. The Balaban J connectivity index is 2.54. The molecule has 0 bridgehead atoms. The first kappa shape index (κ1) is 13.5. The molecule has 0 spiro atoms. The number of aliphatic hydroxyl groups is 2. The minimum absolute atomic E-state index is 0.0241. The number of nitrogens with zero attached hydrogens (tertiary/aromatic N) is 3. The Labute approximate surface area is 110 Å².